The molecular formula is C13H19NO. The molecule has 2 nitrogen and oxygen atoms in total. The summed E-state index contributed by atoms with van der Waals surface area (Å²) in [6.45, 7) is 2.04. The largest absolute Gasteiger partial charge is 0.388 e. The van der Waals surface area contributed by atoms with Gasteiger partial charge in [-0.3, -0.25) is 4.98 Å². The van der Waals surface area contributed by atoms with Crippen LogP contribution in [-0.2, 0) is 0 Å². The second-order valence-corrected chi connectivity index (χ2v) is 4.63. The SMILES string of the molecule is Cc1ccncc1C(O)CC1CCCC1. The van der Waals surface area contributed by atoms with Crippen molar-refractivity contribution in [1.82, 2.24) is 4.98 Å². The lowest BCUT2D eigenvalue weighted by Crippen LogP contribution is -2.06. The lowest BCUT2D eigenvalue weighted by atomic mass is 9.94. The molecule has 0 bridgehead atoms. The molecule has 0 saturated heterocycles. The van der Waals surface area contributed by atoms with Crippen LogP contribution in [0, 0.1) is 12.8 Å². The van der Waals surface area contributed by atoms with Crippen LogP contribution in [0.3, 0.4) is 0 Å². The Labute approximate surface area is 91.4 Å². The third-order valence-electron chi connectivity index (χ3n) is 3.47. The molecule has 1 unspecified atom stereocenters. The number of nitrogens with zero attached hydrogens (tertiary/aromatic N) is 1. The molecule has 0 amide bonds. The number of rotatable bonds is 3. The molecule has 1 aliphatic carbocycles. The zero-order chi connectivity index (χ0) is 10.7. The summed E-state index contributed by atoms with van der Waals surface area (Å²) in [6.07, 6.45) is 9.42. The van der Waals surface area contributed by atoms with Crippen molar-refractivity contribution in [3.63, 3.8) is 0 Å². The molecule has 1 atom stereocenters. The zero-order valence-corrected chi connectivity index (χ0v) is 9.32. The van der Waals surface area contributed by atoms with Crippen LogP contribution in [-0.4, -0.2) is 10.1 Å². The van der Waals surface area contributed by atoms with Crippen molar-refractivity contribution in [1.29, 1.82) is 0 Å². The van der Waals surface area contributed by atoms with Crippen molar-refractivity contribution < 1.29 is 5.11 Å². The van der Waals surface area contributed by atoms with Crippen molar-refractivity contribution >= 4 is 0 Å². The second kappa shape index (κ2) is 4.75. The highest BCUT2D eigenvalue weighted by Gasteiger charge is 2.20. The van der Waals surface area contributed by atoms with Crippen molar-refractivity contribution in [2.75, 3.05) is 0 Å². The van der Waals surface area contributed by atoms with E-state index in [1.54, 1.807) is 12.4 Å². The standard InChI is InChI=1S/C13H19NO/c1-10-6-7-14-9-12(10)13(15)8-11-4-2-3-5-11/h6-7,9,11,13,15H,2-5,8H2,1H3. The normalized spacial score (nSPS) is 19.3. The van der Waals surface area contributed by atoms with Gasteiger partial charge in [-0.15, -0.1) is 0 Å². The predicted molar refractivity (Wildman–Crippen MR) is 60.5 cm³/mol. The van der Waals surface area contributed by atoms with E-state index in [1.165, 1.54) is 25.7 Å². The van der Waals surface area contributed by atoms with E-state index in [0.29, 0.717) is 0 Å². The summed E-state index contributed by atoms with van der Waals surface area (Å²) in [5, 5.41) is 10.1. The molecule has 0 spiro atoms. The van der Waals surface area contributed by atoms with Gasteiger partial charge in [0, 0.05) is 18.0 Å². The van der Waals surface area contributed by atoms with Gasteiger partial charge >= 0.3 is 0 Å². The maximum atomic E-state index is 10.1. The first-order valence-electron chi connectivity index (χ1n) is 5.86. The van der Waals surface area contributed by atoms with Crippen LogP contribution in [0.1, 0.15) is 49.3 Å². The lowest BCUT2D eigenvalue weighted by Gasteiger charge is -2.16. The molecule has 0 radical (unpaired) electrons. The maximum Gasteiger partial charge on any atom is 0.0810 e. The van der Waals surface area contributed by atoms with Crippen LogP contribution in [0.2, 0.25) is 0 Å². The first kappa shape index (κ1) is 10.6. The predicted octanol–water partition coefficient (Wildman–Crippen LogP) is 3.00. The van der Waals surface area contributed by atoms with Gasteiger partial charge in [-0.05, 0) is 30.9 Å². The number of aliphatic hydroxyl groups is 1. The third-order valence-corrected chi connectivity index (χ3v) is 3.47. The van der Waals surface area contributed by atoms with Crippen molar-refractivity contribution in [3.8, 4) is 0 Å². The van der Waals surface area contributed by atoms with Gasteiger partial charge in [-0.1, -0.05) is 25.7 Å². The Morgan fingerprint density at radius 1 is 1.47 bits per heavy atom. The Balaban J connectivity index is 2.00. The molecular weight excluding hydrogens is 186 g/mol. The Hall–Kier alpha value is -0.890. The fourth-order valence-electron chi connectivity index (χ4n) is 2.51. The zero-order valence-electron chi connectivity index (χ0n) is 9.32. The van der Waals surface area contributed by atoms with Gasteiger partial charge in [0.1, 0.15) is 0 Å². The van der Waals surface area contributed by atoms with E-state index in [1.807, 2.05) is 13.0 Å². The molecule has 0 aromatic carbocycles. The molecule has 82 valence electrons. The van der Waals surface area contributed by atoms with E-state index in [-0.39, 0.29) is 6.10 Å². The Morgan fingerprint density at radius 3 is 2.87 bits per heavy atom. The number of aryl methyl sites for hydroxylation is 1. The van der Waals surface area contributed by atoms with Crippen LogP contribution in [0.25, 0.3) is 0 Å². The maximum absolute atomic E-state index is 10.1. The smallest absolute Gasteiger partial charge is 0.0810 e. The molecule has 1 fully saturated rings. The van der Waals surface area contributed by atoms with E-state index >= 15 is 0 Å². The first-order valence-corrected chi connectivity index (χ1v) is 5.86. The van der Waals surface area contributed by atoms with Gasteiger partial charge in [-0.2, -0.15) is 0 Å². The Morgan fingerprint density at radius 2 is 2.20 bits per heavy atom. The molecule has 2 heteroatoms. The minimum atomic E-state index is -0.318. The molecule has 1 heterocycles. The van der Waals surface area contributed by atoms with E-state index in [0.717, 1.165) is 23.5 Å². The summed E-state index contributed by atoms with van der Waals surface area (Å²) in [7, 11) is 0. The summed E-state index contributed by atoms with van der Waals surface area (Å²) in [4.78, 5) is 4.08. The fraction of sp³-hybridized carbons (Fsp3) is 0.615. The van der Waals surface area contributed by atoms with E-state index in [4.69, 9.17) is 0 Å². The van der Waals surface area contributed by atoms with E-state index in [9.17, 15) is 5.11 Å². The minimum Gasteiger partial charge on any atom is -0.388 e. The van der Waals surface area contributed by atoms with Gasteiger partial charge in [0.2, 0.25) is 0 Å². The highest BCUT2D eigenvalue weighted by molar-refractivity contribution is 5.23. The fourth-order valence-corrected chi connectivity index (χ4v) is 2.51. The highest BCUT2D eigenvalue weighted by atomic mass is 16.3. The van der Waals surface area contributed by atoms with Crippen molar-refractivity contribution in [2.24, 2.45) is 5.92 Å². The van der Waals surface area contributed by atoms with Crippen LogP contribution >= 0.6 is 0 Å². The number of hydrogen-bond acceptors (Lipinski definition) is 2. The minimum absolute atomic E-state index is 0.318. The van der Waals surface area contributed by atoms with Crippen molar-refractivity contribution in [2.45, 2.75) is 45.1 Å². The van der Waals surface area contributed by atoms with Crippen LogP contribution < -0.4 is 0 Å². The summed E-state index contributed by atoms with van der Waals surface area (Å²) in [5.74, 6) is 0.722. The van der Waals surface area contributed by atoms with Gasteiger partial charge in [0.15, 0.2) is 0 Å². The molecule has 1 aromatic rings. The van der Waals surface area contributed by atoms with Gasteiger partial charge in [0.25, 0.3) is 0 Å². The summed E-state index contributed by atoms with van der Waals surface area (Å²) in [5.41, 5.74) is 2.15. The molecule has 2 rings (SSSR count). The summed E-state index contributed by atoms with van der Waals surface area (Å²) in [6, 6.07) is 1.97. The molecule has 0 aliphatic heterocycles. The molecule has 1 aliphatic rings. The Bertz CT molecular complexity index is 318. The second-order valence-electron chi connectivity index (χ2n) is 4.63. The van der Waals surface area contributed by atoms with E-state index in [2.05, 4.69) is 4.98 Å². The quantitative estimate of drug-likeness (QED) is 0.822. The van der Waals surface area contributed by atoms with E-state index < -0.39 is 0 Å². The summed E-state index contributed by atoms with van der Waals surface area (Å²) < 4.78 is 0. The van der Waals surface area contributed by atoms with Crippen molar-refractivity contribution in [3.05, 3.63) is 29.6 Å². The van der Waals surface area contributed by atoms with Gasteiger partial charge in [-0.25, -0.2) is 0 Å². The molecule has 15 heavy (non-hydrogen) atoms. The van der Waals surface area contributed by atoms with Gasteiger partial charge < -0.3 is 5.11 Å². The topological polar surface area (TPSA) is 33.1 Å². The molecule has 1 N–H and O–H groups in total. The number of aromatic nitrogens is 1. The number of pyridine rings is 1. The number of aliphatic hydroxyl groups excluding tert-OH is 1. The van der Waals surface area contributed by atoms with Crippen LogP contribution in [0.4, 0.5) is 0 Å². The summed E-state index contributed by atoms with van der Waals surface area (Å²) >= 11 is 0. The Kier molecular flexibility index (Phi) is 3.37. The molecule has 1 saturated carbocycles. The van der Waals surface area contributed by atoms with Crippen LogP contribution in [0.5, 0.6) is 0 Å². The van der Waals surface area contributed by atoms with Crippen LogP contribution in [0.15, 0.2) is 18.5 Å². The average molecular weight is 205 g/mol. The number of hydrogen-bond donors (Lipinski definition) is 1. The average Bonchev–Trinajstić information content (AvgIpc) is 2.71. The first-order chi connectivity index (χ1) is 7.27. The third kappa shape index (κ3) is 2.57. The van der Waals surface area contributed by atoms with Gasteiger partial charge in [0.05, 0.1) is 6.10 Å². The molecule has 1 aromatic heterocycles. The highest BCUT2D eigenvalue weighted by Crippen LogP contribution is 2.33. The monoisotopic (exact) mass is 205 g/mol. The lowest BCUT2D eigenvalue weighted by molar-refractivity contribution is 0.144.